The van der Waals surface area contributed by atoms with Crippen LogP contribution in [0.15, 0.2) is 42.5 Å². The molecule has 12 heteroatoms. The fourth-order valence-electron chi connectivity index (χ4n) is 2.90. The normalized spacial score (nSPS) is 13.1. The number of hydrogen-bond acceptors (Lipinski definition) is 2. The molecule has 1 unspecified atom stereocenters. The fourth-order valence-corrected chi connectivity index (χ4v) is 3.20. The number of aryl methyl sites for hydroxylation is 1. The molecule has 0 heterocycles. The van der Waals surface area contributed by atoms with Crippen molar-refractivity contribution in [2.24, 2.45) is 0 Å². The summed E-state index contributed by atoms with van der Waals surface area (Å²) in [5.74, 6) is -5.35. The summed E-state index contributed by atoms with van der Waals surface area (Å²) in [6, 6.07) is 6.97. The Morgan fingerprint density at radius 1 is 1.03 bits per heavy atom. The highest BCUT2D eigenvalue weighted by Crippen LogP contribution is 2.37. The second kappa shape index (κ2) is 10.9. The summed E-state index contributed by atoms with van der Waals surface area (Å²) < 4.78 is 91.2. The lowest BCUT2D eigenvalue weighted by Gasteiger charge is -2.18. The van der Waals surface area contributed by atoms with Crippen molar-refractivity contribution in [1.29, 1.82) is 0 Å². The van der Waals surface area contributed by atoms with Crippen molar-refractivity contribution in [3.05, 3.63) is 75.6 Å². The van der Waals surface area contributed by atoms with Crippen molar-refractivity contribution in [1.82, 2.24) is 10.6 Å². The Bertz CT molecular complexity index is 1060. The minimum atomic E-state index is -4.65. The van der Waals surface area contributed by atoms with Crippen LogP contribution in [-0.4, -0.2) is 37.3 Å². The fraction of sp³-hybridized carbons (Fsp3) is 0.273. The third-order valence-electron chi connectivity index (χ3n) is 4.39. The minimum Gasteiger partial charge on any atom is -0.345 e. The summed E-state index contributed by atoms with van der Waals surface area (Å²) in [6.45, 7) is -0.835. The summed E-state index contributed by atoms with van der Waals surface area (Å²) in [5, 5.41) is 3.62. The average Bonchev–Trinajstić information content (AvgIpc) is 2.68. The summed E-state index contributed by atoms with van der Waals surface area (Å²) in [6.07, 6.45) is -7.43. The van der Waals surface area contributed by atoms with Crippen molar-refractivity contribution in [3.8, 4) is 0 Å². The molecule has 0 spiro atoms. The predicted octanol–water partition coefficient (Wildman–Crippen LogP) is 5.56. The van der Waals surface area contributed by atoms with Crippen LogP contribution in [0.4, 0.5) is 30.7 Å². The van der Waals surface area contributed by atoms with E-state index < -0.39 is 54.6 Å². The van der Waals surface area contributed by atoms with Gasteiger partial charge in [-0.2, -0.15) is 26.3 Å². The van der Waals surface area contributed by atoms with Crippen LogP contribution in [0.3, 0.4) is 0 Å². The lowest BCUT2D eigenvalue weighted by Crippen LogP contribution is -2.41. The first-order valence-electron chi connectivity index (χ1n) is 9.59. The number of carbonyl (C=O) groups excluding carboxylic acids is 2. The van der Waals surface area contributed by atoms with E-state index in [0.717, 1.165) is 24.3 Å². The maximum atomic E-state index is 14.3. The summed E-state index contributed by atoms with van der Waals surface area (Å²) in [7, 11) is 0. The zero-order valence-electron chi connectivity index (χ0n) is 17.5. The molecule has 1 atom stereocenters. The topological polar surface area (TPSA) is 58.2 Å². The van der Waals surface area contributed by atoms with Gasteiger partial charge in [-0.25, -0.2) is 4.39 Å². The average molecular weight is 511 g/mol. The first kappa shape index (κ1) is 27.2. The molecule has 0 fully saturated rings. The van der Waals surface area contributed by atoms with Crippen molar-refractivity contribution in [2.45, 2.75) is 25.2 Å². The standard InChI is InChI=1S/C22H18ClF7N2O2/c1-12-6-14(9-15(23)7-12)17(22(28,29)30)5-3-13-2-4-16(18(24)8-13)20(34)31-10-19(33)32-11-21(25,26)27/h2-9,17H,10-11H2,1H3,(H,31,34)(H,32,33)/b5-3+. The van der Waals surface area contributed by atoms with E-state index in [1.54, 1.807) is 6.92 Å². The van der Waals surface area contributed by atoms with Crippen LogP contribution >= 0.6 is 11.6 Å². The highest BCUT2D eigenvalue weighted by atomic mass is 35.5. The molecule has 2 N–H and O–H groups in total. The Morgan fingerprint density at radius 3 is 2.26 bits per heavy atom. The molecule has 0 aliphatic heterocycles. The van der Waals surface area contributed by atoms with Crippen LogP contribution in [-0.2, 0) is 4.79 Å². The molecular weight excluding hydrogens is 493 g/mol. The number of allylic oxidation sites excluding steroid dienone is 1. The van der Waals surface area contributed by atoms with Gasteiger partial charge >= 0.3 is 12.4 Å². The van der Waals surface area contributed by atoms with Crippen molar-refractivity contribution in [3.63, 3.8) is 0 Å². The van der Waals surface area contributed by atoms with Gasteiger partial charge in [0, 0.05) is 5.02 Å². The van der Waals surface area contributed by atoms with Crippen LogP contribution < -0.4 is 10.6 Å². The van der Waals surface area contributed by atoms with Gasteiger partial charge in [0.05, 0.1) is 18.0 Å². The molecule has 2 aromatic rings. The molecule has 0 saturated carbocycles. The van der Waals surface area contributed by atoms with Crippen LogP contribution in [0.5, 0.6) is 0 Å². The van der Waals surface area contributed by atoms with E-state index in [-0.39, 0.29) is 16.1 Å². The van der Waals surface area contributed by atoms with E-state index in [4.69, 9.17) is 11.6 Å². The Hall–Kier alpha value is -3.08. The second-order valence-electron chi connectivity index (χ2n) is 7.25. The predicted molar refractivity (Wildman–Crippen MR) is 112 cm³/mol. The number of nitrogens with one attached hydrogen (secondary N) is 2. The number of amides is 2. The van der Waals surface area contributed by atoms with Gasteiger partial charge in [-0.15, -0.1) is 0 Å². The third kappa shape index (κ3) is 8.36. The number of rotatable bonds is 7. The van der Waals surface area contributed by atoms with E-state index >= 15 is 0 Å². The van der Waals surface area contributed by atoms with Gasteiger partial charge in [0.25, 0.3) is 5.91 Å². The number of carbonyl (C=O) groups is 2. The summed E-state index contributed by atoms with van der Waals surface area (Å²) in [5.41, 5.74) is -0.101. The Kier molecular flexibility index (Phi) is 8.71. The molecule has 34 heavy (non-hydrogen) atoms. The van der Waals surface area contributed by atoms with Gasteiger partial charge in [-0.1, -0.05) is 35.9 Å². The largest absolute Gasteiger partial charge is 0.405 e. The SMILES string of the molecule is Cc1cc(Cl)cc(C(/C=C/c2ccc(C(=O)NCC(=O)NCC(F)(F)F)c(F)c2)C(F)(F)F)c1. The van der Waals surface area contributed by atoms with Crippen molar-refractivity contribution < 1.29 is 40.3 Å². The number of benzene rings is 2. The zero-order chi connectivity index (χ0) is 25.7. The molecule has 0 bridgehead atoms. The molecule has 2 aromatic carbocycles. The molecule has 2 amide bonds. The Labute approximate surface area is 194 Å². The van der Waals surface area contributed by atoms with Gasteiger partial charge in [0.15, 0.2) is 0 Å². The van der Waals surface area contributed by atoms with E-state index in [1.165, 1.54) is 29.6 Å². The monoisotopic (exact) mass is 510 g/mol. The van der Waals surface area contributed by atoms with Crippen molar-refractivity contribution in [2.75, 3.05) is 13.1 Å². The molecule has 0 aromatic heterocycles. The quantitative estimate of drug-likeness (QED) is 0.480. The molecule has 0 saturated heterocycles. The number of halogens is 8. The van der Waals surface area contributed by atoms with E-state index in [1.807, 2.05) is 5.32 Å². The van der Waals surface area contributed by atoms with E-state index in [2.05, 4.69) is 0 Å². The van der Waals surface area contributed by atoms with E-state index in [0.29, 0.717) is 5.56 Å². The maximum absolute atomic E-state index is 14.3. The van der Waals surface area contributed by atoms with Gasteiger partial charge in [-0.05, 0) is 47.9 Å². The highest BCUT2D eigenvalue weighted by molar-refractivity contribution is 6.30. The van der Waals surface area contributed by atoms with E-state index in [9.17, 15) is 40.3 Å². The van der Waals surface area contributed by atoms with Crippen LogP contribution in [0.1, 0.15) is 33.0 Å². The lowest BCUT2D eigenvalue weighted by atomic mass is 9.95. The molecule has 4 nitrogen and oxygen atoms in total. The first-order chi connectivity index (χ1) is 15.7. The van der Waals surface area contributed by atoms with Crippen LogP contribution in [0, 0.1) is 12.7 Å². The van der Waals surface area contributed by atoms with Gasteiger partial charge in [0.2, 0.25) is 5.91 Å². The smallest absolute Gasteiger partial charge is 0.345 e. The Balaban J connectivity index is 2.12. The summed E-state index contributed by atoms with van der Waals surface area (Å²) >= 11 is 5.86. The molecule has 2 rings (SSSR count). The number of alkyl halides is 6. The van der Waals surface area contributed by atoms with Gasteiger partial charge in [-0.3, -0.25) is 9.59 Å². The highest BCUT2D eigenvalue weighted by Gasteiger charge is 2.39. The second-order valence-corrected chi connectivity index (χ2v) is 7.69. The lowest BCUT2D eigenvalue weighted by molar-refractivity contribution is -0.139. The first-order valence-corrected chi connectivity index (χ1v) is 9.97. The maximum Gasteiger partial charge on any atom is 0.405 e. The Morgan fingerprint density at radius 2 is 1.71 bits per heavy atom. The van der Waals surface area contributed by atoms with Gasteiger partial charge in [0.1, 0.15) is 12.4 Å². The van der Waals surface area contributed by atoms with Crippen molar-refractivity contribution >= 4 is 29.5 Å². The molecular formula is C22H18ClF7N2O2. The summed E-state index contributed by atoms with van der Waals surface area (Å²) in [4.78, 5) is 23.3. The number of hydrogen-bond donors (Lipinski definition) is 2. The minimum absolute atomic E-state index is 0.0185. The van der Waals surface area contributed by atoms with Gasteiger partial charge < -0.3 is 10.6 Å². The third-order valence-corrected chi connectivity index (χ3v) is 4.61. The van der Waals surface area contributed by atoms with Crippen LogP contribution in [0.25, 0.3) is 6.08 Å². The zero-order valence-corrected chi connectivity index (χ0v) is 18.2. The molecule has 0 aliphatic carbocycles. The van der Waals surface area contributed by atoms with Crippen LogP contribution in [0.2, 0.25) is 5.02 Å². The molecule has 0 aliphatic rings. The molecule has 184 valence electrons. The molecule has 0 radical (unpaired) electrons.